The number of hydrogen-bond acceptors (Lipinski definition) is 4. The fraction of sp³-hybridized carbons (Fsp3) is 0.227. The van der Waals surface area contributed by atoms with Crippen LogP contribution in [-0.2, 0) is 13.0 Å². The molecule has 3 aromatic rings. The maximum Gasteiger partial charge on any atom is 0.274 e. The summed E-state index contributed by atoms with van der Waals surface area (Å²) in [6.45, 7) is 1.20. The molecule has 0 saturated heterocycles. The Kier molecular flexibility index (Phi) is 6.97. The van der Waals surface area contributed by atoms with E-state index in [1.807, 2.05) is 0 Å². The molecule has 1 aromatic carbocycles. The monoisotopic (exact) mass is 463 g/mol. The van der Waals surface area contributed by atoms with Crippen molar-refractivity contribution < 1.29 is 14.3 Å². The van der Waals surface area contributed by atoms with Crippen LogP contribution in [0.15, 0.2) is 53.6 Å². The molecule has 1 N–H and O–H groups in total. The fourth-order valence-corrected chi connectivity index (χ4v) is 3.92. The third-order valence-corrected chi connectivity index (χ3v) is 5.57. The Bertz CT molecular complexity index is 1150. The number of carbonyl (C=O) groups excluding carboxylic acids is 1. The zero-order chi connectivity index (χ0) is 21.3. The number of hydrogen-bond donors (Lipinski definition) is 1. The zero-order valence-electron chi connectivity index (χ0n) is 16.4. The molecule has 0 saturated carbocycles. The van der Waals surface area contributed by atoms with Gasteiger partial charge in [0.1, 0.15) is 5.82 Å². The highest BCUT2D eigenvalue weighted by Crippen LogP contribution is 2.25. The van der Waals surface area contributed by atoms with Crippen molar-refractivity contribution in [3.8, 4) is 17.0 Å². The van der Waals surface area contributed by atoms with E-state index in [0.29, 0.717) is 48.8 Å². The first-order valence-corrected chi connectivity index (χ1v) is 9.95. The van der Waals surface area contributed by atoms with Crippen molar-refractivity contribution in [2.24, 2.45) is 0 Å². The van der Waals surface area contributed by atoms with Gasteiger partial charge in [0.05, 0.1) is 11.3 Å². The van der Waals surface area contributed by atoms with E-state index in [2.05, 4.69) is 4.98 Å². The van der Waals surface area contributed by atoms with Crippen molar-refractivity contribution in [2.75, 3.05) is 13.1 Å². The van der Waals surface area contributed by atoms with E-state index < -0.39 is 17.1 Å². The van der Waals surface area contributed by atoms with Crippen LogP contribution in [0.25, 0.3) is 11.3 Å². The second kappa shape index (κ2) is 9.49. The molecule has 0 fully saturated rings. The molecule has 162 valence electrons. The van der Waals surface area contributed by atoms with Crippen LogP contribution in [0.1, 0.15) is 22.5 Å². The van der Waals surface area contributed by atoms with Crippen molar-refractivity contribution >= 4 is 29.9 Å². The quantitative estimate of drug-likeness (QED) is 0.621. The molecule has 6 nitrogen and oxygen atoms in total. The minimum atomic E-state index is -0.631. The normalized spacial score (nSPS) is 13.0. The minimum absolute atomic E-state index is 0. The number of fused-ring (bicyclic) bond motifs is 1. The number of aromatic nitrogens is 2. The summed E-state index contributed by atoms with van der Waals surface area (Å²) in [5, 5.41) is 10.8. The van der Waals surface area contributed by atoms with E-state index >= 15 is 0 Å². The van der Waals surface area contributed by atoms with E-state index in [1.165, 1.54) is 6.07 Å². The lowest BCUT2D eigenvalue weighted by atomic mass is 10.1. The highest BCUT2D eigenvalue weighted by atomic mass is 35.5. The molecule has 1 aliphatic rings. The largest absolute Gasteiger partial charge is 0.503 e. The summed E-state index contributed by atoms with van der Waals surface area (Å²) < 4.78 is 15.5. The van der Waals surface area contributed by atoms with Crippen LogP contribution in [0.5, 0.6) is 5.75 Å². The van der Waals surface area contributed by atoms with Gasteiger partial charge in [-0.3, -0.25) is 14.6 Å². The molecule has 1 amide bonds. The van der Waals surface area contributed by atoms with Crippen molar-refractivity contribution in [3.63, 3.8) is 0 Å². The van der Waals surface area contributed by atoms with Crippen molar-refractivity contribution in [1.82, 2.24) is 14.5 Å². The number of amides is 1. The molecule has 1 aliphatic heterocycles. The number of benzene rings is 1. The summed E-state index contributed by atoms with van der Waals surface area (Å²) in [7, 11) is 0. The van der Waals surface area contributed by atoms with Crippen molar-refractivity contribution in [1.29, 1.82) is 0 Å². The van der Waals surface area contributed by atoms with Gasteiger partial charge in [-0.2, -0.15) is 0 Å². The Hall–Kier alpha value is -2.90. The lowest BCUT2D eigenvalue weighted by Gasteiger charge is -2.30. The fourth-order valence-electron chi connectivity index (χ4n) is 3.67. The molecule has 3 heterocycles. The van der Waals surface area contributed by atoms with Crippen LogP contribution in [0.4, 0.5) is 4.39 Å². The summed E-state index contributed by atoms with van der Waals surface area (Å²) in [6, 6.07) is 9.69. The standard InChI is InChI=1S/C22H19ClFN3O3.ClH/c23-16-6-3-7-17(24)14(16)5-4-10-26-11-12-27-13-15(18-8-1-2-9-25-18)20(28)21(29)19(27)22(26)30;/h1-3,6-9,13,29H,4-5,10-12H2;1H. The first-order valence-electron chi connectivity index (χ1n) is 9.57. The van der Waals surface area contributed by atoms with Gasteiger partial charge in [-0.15, -0.1) is 12.4 Å². The molecule has 31 heavy (non-hydrogen) atoms. The zero-order valence-corrected chi connectivity index (χ0v) is 18.0. The summed E-state index contributed by atoms with van der Waals surface area (Å²) in [6.07, 6.45) is 4.01. The first kappa shape index (κ1) is 22.8. The van der Waals surface area contributed by atoms with Gasteiger partial charge in [-0.1, -0.05) is 23.7 Å². The molecule has 0 aliphatic carbocycles. The van der Waals surface area contributed by atoms with Crippen LogP contribution in [0.3, 0.4) is 0 Å². The van der Waals surface area contributed by atoms with Gasteiger partial charge in [0.25, 0.3) is 5.91 Å². The Balaban J connectivity index is 0.00000272. The van der Waals surface area contributed by atoms with E-state index in [-0.39, 0.29) is 29.5 Å². The number of carbonyl (C=O) groups is 1. The molecule has 0 atom stereocenters. The number of rotatable bonds is 5. The van der Waals surface area contributed by atoms with Crippen LogP contribution in [-0.4, -0.2) is 38.6 Å². The molecule has 2 aromatic heterocycles. The predicted molar refractivity (Wildman–Crippen MR) is 118 cm³/mol. The van der Waals surface area contributed by atoms with Gasteiger partial charge in [0.2, 0.25) is 5.43 Å². The third-order valence-electron chi connectivity index (χ3n) is 5.21. The van der Waals surface area contributed by atoms with Gasteiger partial charge in [-0.25, -0.2) is 4.39 Å². The minimum Gasteiger partial charge on any atom is -0.503 e. The average molecular weight is 464 g/mol. The Morgan fingerprint density at radius 2 is 1.94 bits per heavy atom. The Morgan fingerprint density at radius 3 is 2.65 bits per heavy atom. The van der Waals surface area contributed by atoms with Gasteiger partial charge in [0.15, 0.2) is 11.4 Å². The molecule has 0 spiro atoms. The van der Waals surface area contributed by atoms with Crippen LogP contribution in [0, 0.1) is 5.82 Å². The number of nitrogens with zero attached hydrogens (tertiary/aromatic N) is 3. The third kappa shape index (κ3) is 4.43. The molecule has 0 radical (unpaired) electrons. The number of aromatic hydroxyl groups is 1. The highest BCUT2D eigenvalue weighted by Gasteiger charge is 2.29. The van der Waals surface area contributed by atoms with E-state index in [4.69, 9.17) is 11.6 Å². The first-order chi connectivity index (χ1) is 14.5. The van der Waals surface area contributed by atoms with Crippen LogP contribution < -0.4 is 5.43 Å². The SMILES string of the molecule is Cl.O=C1c2c(O)c(=O)c(-c3ccccn3)cn2CCN1CCCc1c(F)cccc1Cl. The topological polar surface area (TPSA) is 75.4 Å². The van der Waals surface area contributed by atoms with E-state index in [0.717, 1.165) is 0 Å². The van der Waals surface area contributed by atoms with Crippen LogP contribution in [0.2, 0.25) is 5.02 Å². The maximum absolute atomic E-state index is 13.9. The molecule has 0 unspecified atom stereocenters. The summed E-state index contributed by atoms with van der Waals surface area (Å²) >= 11 is 6.05. The molecule has 4 rings (SSSR count). The average Bonchev–Trinajstić information content (AvgIpc) is 2.74. The van der Waals surface area contributed by atoms with Gasteiger partial charge < -0.3 is 14.6 Å². The Labute approximate surface area is 189 Å². The lowest BCUT2D eigenvalue weighted by molar-refractivity contribution is 0.0695. The molecule has 0 bridgehead atoms. The molecule has 9 heteroatoms. The van der Waals surface area contributed by atoms with E-state index in [1.54, 1.807) is 52.2 Å². The predicted octanol–water partition coefficient (Wildman–Crippen LogP) is 3.92. The highest BCUT2D eigenvalue weighted by molar-refractivity contribution is 6.31. The smallest absolute Gasteiger partial charge is 0.274 e. The Morgan fingerprint density at radius 1 is 1.13 bits per heavy atom. The molecular formula is C22H20Cl2FN3O3. The van der Waals surface area contributed by atoms with Gasteiger partial charge in [-0.05, 0) is 37.1 Å². The number of pyridine rings is 2. The second-order valence-corrected chi connectivity index (χ2v) is 7.48. The van der Waals surface area contributed by atoms with Crippen molar-refractivity contribution in [2.45, 2.75) is 19.4 Å². The van der Waals surface area contributed by atoms with E-state index in [9.17, 15) is 19.1 Å². The summed E-state index contributed by atoms with van der Waals surface area (Å²) in [5.41, 5.74) is 0.434. The second-order valence-electron chi connectivity index (χ2n) is 7.07. The maximum atomic E-state index is 13.9. The lowest BCUT2D eigenvalue weighted by Crippen LogP contribution is -2.42. The van der Waals surface area contributed by atoms with Crippen molar-refractivity contribution in [3.05, 3.63) is 81.1 Å². The summed E-state index contributed by atoms with van der Waals surface area (Å²) in [5.74, 6) is -1.38. The van der Waals surface area contributed by atoms with Crippen LogP contribution >= 0.6 is 24.0 Å². The van der Waals surface area contributed by atoms with Gasteiger partial charge >= 0.3 is 0 Å². The molecular weight excluding hydrogens is 444 g/mol. The summed E-state index contributed by atoms with van der Waals surface area (Å²) in [4.78, 5) is 31.3. The van der Waals surface area contributed by atoms with Gasteiger partial charge in [0, 0.05) is 42.6 Å². The number of halogens is 3.